The zero-order chi connectivity index (χ0) is 12.3. The first-order chi connectivity index (χ1) is 7.29. The summed E-state index contributed by atoms with van der Waals surface area (Å²) in [5.41, 5.74) is 3.47. The van der Waals surface area contributed by atoms with Crippen molar-refractivity contribution in [2.24, 2.45) is 5.73 Å². The minimum atomic E-state index is -4.62. The van der Waals surface area contributed by atoms with Gasteiger partial charge in [0.2, 0.25) is 0 Å². The van der Waals surface area contributed by atoms with Crippen LogP contribution in [0.2, 0.25) is 5.15 Å². The molecule has 1 rings (SSSR count). The molecule has 0 aliphatic carbocycles. The van der Waals surface area contributed by atoms with Crippen molar-refractivity contribution in [3.63, 3.8) is 0 Å². The lowest BCUT2D eigenvalue weighted by Gasteiger charge is -2.05. The van der Waals surface area contributed by atoms with Gasteiger partial charge in [0.25, 0.3) is 5.91 Å². The fourth-order valence-electron chi connectivity index (χ4n) is 0.848. The Kier molecular flexibility index (Phi) is 3.40. The Morgan fingerprint density at radius 2 is 2.06 bits per heavy atom. The van der Waals surface area contributed by atoms with Crippen molar-refractivity contribution in [3.8, 4) is 11.8 Å². The molecule has 84 valence electrons. The van der Waals surface area contributed by atoms with Crippen LogP contribution in [0.1, 0.15) is 11.3 Å². The summed E-state index contributed by atoms with van der Waals surface area (Å²) >= 11 is 5.38. The maximum absolute atomic E-state index is 12.3. The lowest BCUT2D eigenvalue weighted by Crippen LogP contribution is -2.09. The summed E-state index contributed by atoms with van der Waals surface area (Å²) in [7, 11) is 0. The number of alkyl halides is 3. The van der Waals surface area contributed by atoms with E-state index in [1.165, 1.54) is 0 Å². The SMILES string of the molecule is NC(=O)C#Cc1cc(Cl)nc(C(F)(F)F)c1. The number of pyridine rings is 1. The van der Waals surface area contributed by atoms with Crippen LogP contribution in [0.15, 0.2) is 12.1 Å². The fourth-order valence-corrected chi connectivity index (χ4v) is 1.06. The van der Waals surface area contributed by atoms with Gasteiger partial charge in [0.1, 0.15) is 10.8 Å². The molecule has 1 aromatic rings. The van der Waals surface area contributed by atoms with Crippen LogP contribution in [0.5, 0.6) is 0 Å². The van der Waals surface area contributed by atoms with Gasteiger partial charge in [-0.3, -0.25) is 4.79 Å². The molecule has 0 spiro atoms. The molecule has 2 N–H and O–H groups in total. The molecule has 0 bridgehead atoms. The number of nitrogens with two attached hydrogens (primary N) is 1. The van der Waals surface area contributed by atoms with E-state index in [2.05, 4.69) is 10.9 Å². The largest absolute Gasteiger partial charge is 0.433 e. The van der Waals surface area contributed by atoms with Gasteiger partial charge in [-0.1, -0.05) is 17.5 Å². The molecule has 7 heteroatoms. The normalized spacial score (nSPS) is 10.5. The van der Waals surface area contributed by atoms with Gasteiger partial charge in [-0.05, 0) is 18.1 Å². The summed E-state index contributed by atoms with van der Waals surface area (Å²) in [5, 5.41) is -0.358. The summed E-state index contributed by atoms with van der Waals surface area (Å²) in [5.74, 6) is 3.11. The number of hydrogen-bond acceptors (Lipinski definition) is 2. The van der Waals surface area contributed by atoms with Gasteiger partial charge >= 0.3 is 6.18 Å². The molecule has 16 heavy (non-hydrogen) atoms. The van der Waals surface area contributed by atoms with Gasteiger partial charge in [0.15, 0.2) is 0 Å². The second kappa shape index (κ2) is 4.41. The smallest absolute Gasteiger partial charge is 0.359 e. The summed E-state index contributed by atoms with van der Waals surface area (Å²) in [4.78, 5) is 13.4. The fraction of sp³-hybridized carbons (Fsp3) is 0.111. The van der Waals surface area contributed by atoms with Crippen LogP contribution in [-0.4, -0.2) is 10.9 Å². The van der Waals surface area contributed by atoms with Gasteiger partial charge in [-0.25, -0.2) is 4.98 Å². The highest BCUT2D eigenvalue weighted by molar-refractivity contribution is 6.29. The van der Waals surface area contributed by atoms with E-state index in [0.29, 0.717) is 6.07 Å². The molecular weight excluding hydrogens is 245 g/mol. The number of rotatable bonds is 0. The number of halogens is 4. The molecule has 0 saturated carbocycles. The maximum atomic E-state index is 12.3. The van der Waals surface area contributed by atoms with Crippen LogP contribution < -0.4 is 5.73 Å². The summed E-state index contributed by atoms with van der Waals surface area (Å²) in [6.07, 6.45) is -4.62. The Morgan fingerprint density at radius 1 is 1.44 bits per heavy atom. The quantitative estimate of drug-likeness (QED) is 0.560. The zero-order valence-corrected chi connectivity index (χ0v) is 8.36. The molecule has 0 saturated heterocycles. The zero-order valence-electron chi connectivity index (χ0n) is 7.60. The van der Waals surface area contributed by atoms with Crippen molar-refractivity contribution < 1.29 is 18.0 Å². The molecule has 1 heterocycles. The average molecular weight is 249 g/mol. The second-order valence-electron chi connectivity index (χ2n) is 2.68. The molecule has 0 aliphatic heterocycles. The molecular formula is C9H4ClF3N2O. The van der Waals surface area contributed by atoms with Gasteiger partial charge < -0.3 is 5.73 Å². The molecule has 0 unspecified atom stereocenters. The van der Waals surface area contributed by atoms with Gasteiger partial charge in [-0.2, -0.15) is 13.2 Å². The predicted octanol–water partition coefficient (Wildman–Crippen LogP) is 1.59. The molecule has 0 atom stereocenters. The Morgan fingerprint density at radius 3 is 2.56 bits per heavy atom. The third-order valence-electron chi connectivity index (χ3n) is 1.41. The number of carbonyl (C=O) groups is 1. The van der Waals surface area contributed by atoms with E-state index in [1.807, 2.05) is 5.92 Å². The van der Waals surface area contributed by atoms with E-state index in [-0.39, 0.29) is 10.7 Å². The predicted molar refractivity (Wildman–Crippen MR) is 50.3 cm³/mol. The first kappa shape index (κ1) is 12.3. The first-order valence-electron chi connectivity index (χ1n) is 3.85. The first-order valence-corrected chi connectivity index (χ1v) is 4.23. The van der Waals surface area contributed by atoms with E-state index in [1.54, 1.807) is 0 Å². The van der Waals surface area contributed by atoms with Gasteiger partial charge in [0.05, 0.1) is 0 Å². The Labute approximate surface area is 93.4 Å². The van der Waals surface area contributed by atoms with Crippen molar-refractivity contribution in [1.82, 2.24) is 4.98 Å². The highest BCUT2D eigenvalue weighted by atomic mass is 35.5. The van der Waals surface area contributed by atoms with Crippen LogP contribution in [0, 0.1) is 11.8 Å². The van der Waals surface area contributed by atoms with E-state index >= 15 is 0 Å². The minimum Gasteiger partial charge on any atom is -0.359 e. The molecule has 0 fully saturated rings. The van der Waals surface area contributed by atoms with Crippen molar-refractivity contribution in [2.45, 2.75) is 6.18 Å². The molecule has 0 aliphatic rings. The highest BCUT2D eigenvalue weighted by Gasteiger charge is 2.33. The average Bonchev–Trinajstić information content (AvgIpc) is 2.12. The van der Waals surface area contributed by atoms with E-state index in [0.717, 1.165) is 6.07 Å². The monoisotopic (exact) mass is 248 g/mol. The second-order valence-corrected chi connectivity index (χ2v) is 3.06. The number of primary amides is 1. The Balaban J connectivity index is 3.20. The van der Waals surface area contributed by atoms with Crippen LogP contribution in [0.4, 0.5) is 13.2 Å². The summed E-state index contributed by atoms with van der Waals surface area (Å²) in [6, 6.07) is 1.79. The Bertz CT molecular complexity index is 488. The molecule has 0 aromatic carbocycles. The van der Waals surface area contributed by atoms with Crippen LogP contribution >= 0.6 is 11.6 Å². The standard InChI is InChI=1S/C9H4ClF3N2O/c10-7-4-5(1-2-8(14)16)3-6(15-7)9(11,12)13/h3-4H,(H2,14,16). The van der Waals surface area contributed by atoms with E-state index in [9.17, 15) is 18.0 Å². The van der Waals surface area contributed by atoms with Crippen molar-refractivity contribution in [3.05, 3.63) is 28.5 Å². The third kappa shape index (κ3) is 3.44. The van der Waals surface area contributed by atoms with Crippen LogP contribution in [-0.2, 0) is 11.0 Å². The Hall–Kier alpha value is -1.74. The van der Waals surface area contributed by atoms with Crippen molar-refractivity contribution >= 4 is 17.5 Å². The van der Waals surface area contributed by atoms with Crippen LogP contribution in [0.3, 0.4) is 0 Å². The van der Waals surface area contributed by atoms with E-state index in [4.69, 9.17) is 17.3 Å². The highest BCUT2D eigenvalue weighted by Crippen LogP contribution is 2.29. The van der Waals surface area contributed by atoms with Crippen molar-refractivity contribution in [2.75, 3.05) is 0 Å². The van der Waals surface area contributed by atoms with Crippen LogP contribution in [0.25, 0.3) is 0 Å². The topological polar surface area (TPSA) is 56.0 Å². The number of nitrogens with zero attached hydrogens (tertiary/aromatic N) is 1. The molecule has 3 nitrogen and oxygen atoms in total. The molecule has 1 amide bonds. The van der Waals surface area contributed by atoms with Crippen molar-refractivity contribution in [1.29, 1.82) is 0 Å². The van der Waals surface area contributed by atoms with Gasteiger partial charge in [-0.15, -0.1) is 0 Å². The number of amides is 1. The lowest BCUT2D eigenvalue weighted by molar-refractivity contribution is -0.141. The number of hydrogen-bond donors (Lipinski definition) is 1. The summed E-state index contributed by atoms with van der Waals surface area (Å²) in [6.45, 7) is 0. The number of aromatic nitrogens is 1. The van der Waals surface area contributed by atoms with Gasteiger partial charge in [0, 0.05) is 5.56 Å². The lowest BCUT2D eigenvalue weighted by atomic mass is 10.2. The minimum absolute atomic E-state index is 0.0777. The summed E-state index contributed by atoms with van der Waals surface area (Å²) < 4.78 is 36.9. The third-order valence-corrected chi connectivity index (χ3v) is 1.61. The molecule has 0 radical (unpaired) electrons. The van der Waals surface area contributed by atoms with E-state index < -0.39 is 17.8 Å². The number of carbonyl (C=O) groups excluding carboxylic acids is 1. The molecule has 1 aromatic heterocycles. The maximum Gasteiger partial charge on any atom is 0.433 e.